The number of hydrogen-bond donors (Lipinski definition) is 1. The quantitative estimate of drug-likeness (QED) is 0.853. The topological polar surface area (TPSA) is 40.5 Å². The van der Waals surface area contributed by atoms with Gasteiger partial charge in [-0.15, -0.1) is 0 Å². The highest BCUT2D eigenvalue weighted by molar-refractivity contribution is 6.36. The Kier molecular flexibility index (Phi) is 3.43. The fourth-order valence-electron chi connectivity index (χ4n) is 2.54. The first kappa shape index (κ1) is 13.7. The molecule has 0 saturated carbocycles. The lowest BCUT2D eigenvalue weighted by Crippen LogP contribution is -2.25. The SMILES string of the molecule is CCN1C(=O)/C(=C\c2ccc(O)c(Cl)c2)c2ccccc21. The molecule has 0 bridgehead atoms. The number of nitrogens with zero attached hydrogens (tertiary/aromatic N) is 1. The molecule has 106 valence electrons. The van der Waals surface area contributed by atoms with E-state index in [0.717, 1.165) is 16.8 Å². The van der Waals surface area contributed by atoms with Crippen LogP contribution in [0.2, 0.25) is 5.02 Å². The Morgan fingerprint density at radius 2 is 2.00 bits per heavy atom. The van der Waals surface area contributed by atoms with Gasteiger partial charge in [0.2, 0.25) is 0 Å². The van der Waals surface area contributed by atoms with Crippen molar-refractivity contribution in [2.24, 2.45) is 0 Å². The van der Waals surface area contributed by atoms with Gasteiger partial charge < -0.3 is 10.0 Å². The Bertz CT molecular complexity index is 752. The Labute approximate surface area is 128 Å². The number of amides is 1. The van der Waals surface area contributed by atoms with E-state index in [-0.39, 0.29) is 16.7 Å². The Morgan fingerprint density at radius 3 is 2.71 bits per heavy atom. The minimum Gasteiger partial charge on any atom is -0.506 e. The third-order valence-corrected chi connectivity index (χ3v) is 3.86. The molecule has 3 nitrogen and oxygen atoms in total. The van der Waals surface area contributed by atoms with Crippen molar-refractivity contribution in [1.29, 1.82) is 0 Å². The van der Waals surface area contributed by atoms with Crippen molar-refractivity contribution in [3.05, 3.63) is 58.6 Å². The molecule has 0 saturated heterocycles. The molecular formula is C17H14ClNO2. The van der Waals surface area contributed by atoms with Crippen LogP contribution < -0.4 is 4.90 Å². The molecule has 1 heterocycles. The monoisotopic (exact) mass is 299 g/mol. The zero-order valence-electron chi connectivity index (χ0n) is 11.5. The van der Waals surface area contributed by atoms with Crippen LogP contribution in [-0.4, -0.2) is 17.6 Å². The van der Waals surface area contributed by atoms with Crippen LogP contribution in [0.5, 0.6) is 5.75 Å². The van der Waals surface area contributed by atoms with Crippen molar-refractivity contribution in [1.82, 2.24) is 0 Å². The van der Waals surface area contributed by atoms with Crippen LogP contribution in [0.1, 0.15) is 18.1 Å². The fraction of sp³-hybridized carbons (Fsp3) is 0.118. The van der Waals surface area contributed by atoms with Crippen molar-refractivity contribution in [3.63, 3.8) is 0 Å². The number of halogens is 1. The summed E-state index contributed by atoms with van der Waals surface area (Å²) in [6.07, 6.45) is 1.81. The number of rotatable bonds is 2. The predicted octanol–water partition coefficient (Wildman–Crippen LogP) is 3.95. The normalized spacial score (nSPS) is 15.6. The van der Waals surface area contributed by atoms with Crippen molar-refractivity contribution in [2.75, 3.05) is 11.4 Å². The maximum Gasteiger partial charge on any atom is 0.258 e. The molecule has 4 heteroatoms. The first-order valence-corrected chi connectivity index (χ1v) is 7.11. The average molecular weight is 300 g/mol. The molecule has 2 aromatic rings. The molecule has 0 unspecified atom stereocenters. The number of benzene rings is 2. The molecule has 1 N–H and O–H groups in total. The number of para-hydroxylation sites is 1. The maximum atomic E-state index is 12.5. The molecule has 21 heavy (non-hydrogen) atoms. The second-order valence-corrected chi connectivity index (χ2v) is 5.24. The Hall–Kier alpha value is -2.26. The second-order valence-electron chi connectivity index (χ2n) is 4.84. The van der Waals surface area contributed by atoms with Crippen LogP contribution in [-0.2, 0) is 4.79 Å². The van der Waals surface area contributed by atoms with Crippen LogP contribution in [0.4, 0.5) is 5.69 Å². The van der Waals surface area contributed by atoms with Gasteiger partial charge in [0, 0.05) is 17.7 Å². The highest BCUT2D eigenvalue weighted by Crippen LogP contribution is 2.37. The van der Waals surface area contributed by atoms with E-state index >= 15 is 0 Å². The van der Waals surface area contributed by atoms with Gasteiger partial charge in [0.15, 0.2) is 0 Å². The van der Waals surface area contributed by atoms with Crippen molar-refractivity contribution in [2.45, 2.75) is 6.92 Å². The second kappa shape index (κ2) is 5.26. The molecule has 2 aromatic carbocycles. The number of anilines is 1. The van der Waals surface area contributed by atoms with Crippen LogP contribution in [0.3, 0.4) is 0 Å². The van der Waals surface area contributed by atoms with E-state index in [1.54, 1.807) is 17.0 Å². The summed E-state index contributed by atoms with van der Waals surface area (Å²) in [5, 5.41) is 9.74. The van der Waals surface area contributed by atoms with E-state index in [2.05, 4.69) is 0 Å². The molecule has 1 aliphatic rings. The van der Waals surface area contributed by atoms with Gasteiger partial charge in [-0.05, 0) is 36.8 Å². The first-order chi connectivity index (χ1) is 10.1. The number of fused-ring (bicyclic) bond motifs is 1. The van der Waals surface area contributed by atoms with E-state index in [1.807, 2.05) is 37.3 Å². The summed E-state index contributed by atoms with van der Waals surface area (Å²) in [4.78, 5) is 14.3. The van der Waals surface area contributed by atoms with E-state index in [1.165, 1.54) is 6.07 Å². The first-order valence-electron chi connectivity index (χ1n) is 6.73. The van der Waals surface area contributed by atoms with Crippen LogP contribution in [0, 0.1) is 0 Å². The molecule has 1 amide bonds. The number of aromatic hydroxyl groups is 1. The molecule has 0 atom stereocenters. The average Bonchev–Trinajstić information content (AvgIpc) is 2.75. The standard InChI is InChI=1S/C17H14ClNO2/c1-2-19-15-6-4-3-5-12(15)13(17(19)21)9-11-7-8-16(20)14(18)10-11/h3-10,20H,2H2,1H3/b13-9-. The van der Waals surface area contributed by atoms with Gasteiger partial charge in [0.05, 0.1) is 10.7 Å². The summed E-state index contributed by atoms with van der Waals surface area (Å²) in [5.74, 6) is 0.0232. The smallest absolute Gasteiger partial charge is 0.258 e. The highest BCUT2D eigenvalue weighted by atomic mass is 35.5. The van der Waals surface area contributed by atoms with Crippen LogP contribution in [0.25, 0.3) is 11.6 Å². The van der Waals surface area contributed by atoms with Gasteiger partial charge in [-0.1, -0.05) is 35.9 Å². The van der Waals surface area contributed by atoms with E-state index in [0.29, 0.717) is 12.1 Å². The Balaban J connectivity index is 2.11. The van der Waals surface area contributed by atoms with E-state index < -0.39 is 0 Å². The molecule has 0 spiro atoms. The third kappa shape index (κ3) is 2.30. The van der Waals surface area contributed by atoms with Gasteiger partial charge in [0.1, 0.15) is 5.75 Å². The zero-order valence-corrected chi connectivity index (χ0v) is 12.3. The highest BCUT2D eigenvalue weighted by Gasteiger charge is 2.30. The lowest BCUT2D eigenvalue weighted by atomic mass is 10.0. The number of carbonyl (C=O) groups excluding carboxylic acids is 1. The number of phenols is 1. The van der Waals surface area contributed by atoms with Crippen molar-refractivity contribution >= 4 is 34.8 Å². The minimum atomic E-state index is -0.0112. The van der Waals surface area contributed by atoms with Gasteiger partial charge in [0.25, 0.3) is 5.91 Å². The molecule has 0 radical (unpaired) electrons. The molecule has 3 rings (SSSR count). The number of carbonyl (C=O) groups is 1. The summed E-state index contributed by atoms with van der Waals surface area (Å²) in [7, 11) is 0. The summed E-state index contributed by atoms with van der Waals surface area (Å²) in [6.45, 7) is 2.58. The summed E-state index contributed by atoms with van der Waals surface area (Å²) >= 11 is 5.92. The molecule has 0 fully saturated rings. The Morgan fingerprint density at radius 1 is 1.24 bits per heavy atom. The fourth-order valence-corrected chi connectivity index (χ4v) is 2.73. The van der Waals surface area contributed by atoms with Gasteiger partial charge in [-0.3, -0.25) is 4.79 Å². The van der Waals surface area contributed by atoms with Crippen LogP contribution in [0.15, 0.2) is 42.5 Å². The molecule has 1 aliphatic heterocycles. The number of likely N-dealkylation sites (N-methyl/N-ethyl adjacent to an activating group) is 1. The maximum absolute atomic E-state index is 12.5. The lowest BCUT2D eigenvalue weighted by Gasteiger charge is -2.13. The van der Waals surface area contributed by atoms with E-state index in [4.69, 9.17) is 11.6 Å². The lowest BCUT2D eigenvalue weighted by molar-refractivity contribution is -0.112. The molecular weight excluding hydrogens is 286 g/mol. The van der Waals surface area contributed by atoms with E-state index in [9.17, 15) is 9.90 Å². The van der Waals surface area contributed by atoms with Gasteiger partial charge in [-0.25, -0.2) is 0 Å². The van der Waals surface area contributed by atoms with Gasteiger partial charge in [-0.2, -0.15) is 0 Å². The number of hydrogen-bond acceptors (Lipinski definition) is 2. The largest absolute Gasteiger partial charge is 0.506 e. The summed E-state index contributed by atoms with van der Waals surface area (Å²) in [5.41, 5.74) is 3.29. The number of phenolic OH excluding ortho intramolecular Hbond substituents is 1. The zero-order chi connectivity index (χ0) is 15.0. The molecule has 0 aliphatic carbocycles. The summed E-state index contributed by atoms with van der Waals surface area (Å²) < 4.78 is 0. The minimum absolute atomic E-state index is 0.0112. The van der Waals surface area contributed by atoms with Crippen molar-refractivity contribution in [3.8, 4) is 5.75 Å². The van der Waals surface area contributed by atoms with Crippen LogP contribution >= 0.6 is 11.6 Å². The molecule has 0 aromatic heterocycles. The predicted molar refractivity (Wildman–Crippen MR) is 85.5 cm³/mol. The summed E-state index contributed by atoms with van der Waals surface area (Å²) in [6, 6.07) is 12.6. The van der Waals surface area contributed by atoms with Crippen molar-refractivity contribution < 1.29 is 9.90 Å². The van der Waals surface area contributed by atoms with Gasteiger partial charge >= 0.3 is 0 Å². The third-order valence-electron chi connectivity index (χ3n) is 3.56.